The van der Waals surface area contributed by atoms with Crippen molar-refractivity contribution >= 4 is 44.8 Å². The number of halogens is 2. The Balaban J connectivity index is 1.47. The van der Waals surface area contributed by atoms with Gasteiger partial charge in [-0.05, 0) is 60.3 Å². The van der Waals surface area contributed by atoms with Crippen molar-refractivity contribution in [2.45, 2.75) is 36.6 Å². The fourth-order valence-electron chi connectivity index (χ4n) is 4.18. The highest BCUT2D eigenvalue weighted by Gasteiger charge is 2.21. The molecule has 3 aromatic carbocycles. The molecule has 4 rings (SSSR count). The topological polar surface area (TPSA) is 96.5 Å². The van der Waals surface area contributed by atoms with Crippen LogP contribution in [-0.2, 0) is 28.6 Å². The van der Waals surface area contributed by atoms with Gasteiger partial charge in [-0.3, -0.25) is 0 Å². The number of carbonyl (C=O) groups is 1. The Morgan fingerprint density at radius 2 is 1.92 bits per heavy atom. The molecule has 10 heteroatoms. The molecule has 1 heterocycles. The summed E-state index contributed by atoms with van der Waals surface area (Å²) in [6.07, 6.45) is 0.877. The van der Waals surface area contributed by atoms with Crippen LogP contribution in [0, 0.1) is 0 Å². The molecule has 190 valence electrons. The molecule has 0 saturated carbocycles. The van der Waals surface area contributed by atoms with Crippen molar-refractivity contribution in [2.75, 3.05) is 19.0 Å². The lowest BCUT2D eigenvalue weighted by molar-refractivity contribution is 0.249. The van der Waals surface area contributed by atoms with E-state index in [-0.39, 0.29) is 16.4 Å². The van der Waals surface area contributed by atoms with Gasteiger partial charge in [-0.25, -0.2) is 13.2 Å². The van der Waals surface area contributed by atoms with Crippen LogP contribution in [0.3, 0.4) is 0 Å². The molecule has 0 unspecified atom stereocenters. The maximum absolute atomic E-state index is 13.1. The van der Waals surface area contributed by atoms with Crippen LogP contribution < -0.4 is 20.7 Å². The number of ether oxygens (including phenoxy) is 1. The molecule has 0 saturated heterocycles. The molecule has 0 radical (unpaired) electrons. The minimum atomic E-state index is -3.63. The van der Waals surface area contributed by atoms with Gasteiger partial charge in [0.15, 0.2) is 9.84 Å². The average molecular weight is 548 g/mol. The number of urea groups is 1. The zero-order valence-corrected chi connectivity index (χ0v) is 22.2. The maximum atomic E-state index is 13.1. The largest absolute Gasteiger partial charge is 0.495 e. The van der Waals surface area contributed by atoms with Crippen LogP contribution in [0.2, 0.25) is 10.0 Å². The van der Waals surface area contributed by atoms with Crippen LogP contribution in [0.4, 0.5) is 10.5 Å². The van der Waals surface area contributed by atoms with E-state index in [1.165, 1.54) is 36.4 Å². The number of nitrogens with one attached hydrogen (secondary N) is 3. The van der Waals surface area contributed by atoms with Crippen molar-refractivity contribution < 1.29 is 17.9 Å². The van der Waals surface area contributed by atoms with E-state index in [1.54, 1.807) is 25.1 Å². The molecule has 0 spiro atoms. The van der Waals surface area contributed by atoms with Crippen molar-refractivity contribution in [3.8, 4) is 5.75 Å². The number of anilines is 1. The van der Waals surface area contributed by atoms with E-state index in [1.807, 2.05) is 18.2 Å². The van der Waals surface area contributed by atoms with Gasteiger partial charge in [-0.2, -0.15) is 0 Å². The molecule has 1 aliphatic heterocycles. The van der Waals surface area contributed by atoms with Crippen molar-refractivity contribution in [1.82, 2.24) is 10.6 Å². The second-order valence-corrected chi connectivity index (χ2v) is 11.4. The lowest BCUT2D eigenvalue weighted by Gasteiger charge is -2.18. The number of hydrogen-bond donors (Lipinski definition) is 3. The first-order valence-corrected chi connectivity index (χ1v) is 13.8. The number of hydrogen-bond acceptors (Lipinski definition) is 5. The summed E-state index contributed by atoms with van der Waals surface area (Å²) < 4.78 is 31.7. The first-order chi connectivity index (χ1) is 17.2. The molecule has 0 fully saturated rings. The Hall–Kier alpha value is -2.78. The highest BCUT2D eigenvalue weighted by Crippen LogP contribution is 2.31. The van der Waals surface area contributed by atoms with Crippen LogP contribution in [0.15, 0.2) is 59.5 Å². The summed E-state index contributed by atoms with van der Waals surface area (Å²) in [5, 5.41) is 9.58. The van der Waals surface area contributed by atoms with Crippen molar-refractivity contribution in [1.29, 1.82) is 0 Å². The summed E-state index contributed by atoms with van der Waals surface area (Å²) in [6, 6.07) is 14.5. The van der Waals surface area contributed by atoms with Crippen molar-refractivity contribution in [3.63, 3.8) is 0 Å². The Morgan fingerprint density at radius 3 is 2.69 bits per heavy atom. The average Bonchev–Trinajstić information content (AvgIpc) is 2.85. The minimum Gasteiger partial charge on any atom is -0.495 e. The molecule has 7 nitrogen and oxygen atoms in total. The number of methoxy groups -OCH3 is 1. The van der Waals surface area contributed by atoms with E-state index in [2.05, 4.69) is 16.0 Å². The van der Waals surface area contributed by atoms with Gasteiger partial charge in [0.25, 0.3) is 0 Å². The summed E-state index contributed by atoms with van der Waals surface area (Å²) in [5.74, 6) is 0.110. The smallest absolute Gasteiger partial charge is 0.319 e. The van der Waals surface area contributed by atoms with E-state index in [9.17, 15) is 13.2 Å². The number of benzene rings is 3. The van der Waals surface area contributed by atoms with Gasteiger partial charge in [-0.15, -0.1) is 0 Å². The normalized spacial score (nSPS) is 14.0. The van der Waals surface area contributed by atoms with Crippen LogP contribution in [0.5, 0.6) is 5.75 Å². The molecule has 1 atom stereocenters. The third-order valence-corrected chi connectivity index (χ3v) is 8.61. The quantitative estimate of drug-likeness (QED) is 0.362. The van der Waals surface area contributed by atoms with Gasteiger partial charge < -0.3 is 20.7 Å². The SMILES string of the molecule is COc1cc(S(=O)(=O)Cc2ccc3c(c2)CCNC3)ccc1NC(=O)N[C@@H](C)c1cccc(Cl)c1Cl. The third kappa shape index (κ3) is 5.95. The first-order valence-electron chi connectivity index (χ1n) is 11.4. The van der Waals surface area contributed by atoms with Gasteiger partial charge in [0.1, 0.15) is 5.75 Å². The van der Waals surface area contributed by atoms with Crippen molar-refractivity contribution in [3.05, 3.63) is 86.9 Å². The maximum Gasteiger partial charge on any atom is 0.319 e. The van der Waals surface area contributed by atoms with E-state index >= 15 is 0 Å². The Kier molecular flexibility index (Phi) is 8.10. The molecule has 1 aliphatic rings. The fraction of sp³-hybridized carbons (Fsp3) is 0.269. The molecule has 3 aromatic rings. The highest BCUT2D eigenvalue weighted by atomic mass is 35.5. The lowest BCUT2D eigenvalue weighted by Crippen LogP contribution is -2.31. The summed E-state index contributed by atoms with van der Waals surface area (Å²) in [4.78, 5) is 12.7. The van der Waals surface area contributed by atoms with Crippen LogP contribution in [0.25, 0.3) is 0 Å². The predicted molar refractivity (Wildman–Crippen MR) is 143 cm³/mol. The third-order valence-electron chi connectivity index (χ3n) is 6.09. The second kappa shape index (κ2) is 11.1. The number of sulfone groups is 1. The molecule has 2 amide bonds. The first kappa shape index (κ1) is 26.3. The number of fused-ring (bicyclic) bond motifs is 1. The summed E-state index contributed by atoms with van der Waals surface area (Å²) >= 11 is 12.3. The van der Waals surface area contributed by atoms with Crippen LogP contribution in [0.1, 0.15) is 35.2 Å². The summed E-state index contributed by atoms with van der Waals surface area (Å²) in [7, 11) is -2.22. The Morgan fingerprint density at radius 1 is 1.11 bits per heavy atom. The van der Waals surface area contributed by atoms with E-state index in [0.29, 0.717) is 21.3 Å². The van der Waals surface area contributed by atoms with Gasteiger partial charge >= 0.3 is 6.03 Å². The molecule has 36 heavy (non-hydrogen) atoms. The molecule has 0 aromatic heterocycles. The zero-order valence-electron chi connectivity index (χ0n) is 19.9. The minimum absolute atomic E-state index is 0.115. The van der Waals surface area contributed by atoms with Crippen LogP contribution in [-0.4, -0.2) is 28.1 Å². The van der Waals surface area contributed by atoms with Crippen LogP contribution >= 0.6 is 23.2 Å². The predicted octanol–water partition coefficient (Wildman–Crippen LogP) is 5.50. The molecule has 3 N–H and O–H groups in total. The van der Waals surface area contributed by atoms with Gasteiger partial charge in [-0.1, -0.05) is 53.5 Å². The number of amides is 2. The number of rotatable bonds is 7. The van der Waals surface area contributed by atoms with Gasteiger partial charge in [0.05, 0.1) is 39.5 Å². The Bertz CT molecular complexity index is 1400. The van der Waals surface area contributed by atoms with E-state index < -0.39 is 21.9 Å². The number of carbonyl (C=O) groups excluding carboxylic acids is 1. The van der Waals surface area contributed by atoms with E-state index in [4.69, 9.17) is 27.9 Å². The highest BCUT2D eigenvalue weighted by molar-refractivity contribution is 7.90. The van der Waals surface area contributed by atoms with Gasteiger partial charge in [0, 0.05) is 12.6 Å². The summed E-state index contributed by atoms with van der Waals surface area (Å²) in [5.41, 5.74) is 4.12. The fourth-order valence-corrected chi connectivity index (χ4v) is 6.00. The lowest BCUT2D eigenvalue weighted by atomic mass is 9.99. The monoisotopic (exact) mass is 547 g/mol. The second-order valence-electron chi connectivity index (χ2n) is 8.61. The molecule has 0 bridgehead atoms. The zero-order chi connectivity index (χ0) is 25.9. The summed E-state index contributed by atoms with van der Waals surface area (Å²) in [6.45, 7) is 3.46. The molecular formula is C26H27Cl2N3O4S. The van der Waals surface area contributed by atoms with E-state index in [0.717, 1.165) is 25.1 Å². The standard InChI is InChI=1S/C26H27Cl2N3O4S/c1-16(21-4-3-5-22(27)25(21)28)30-26(32)31-23-9-8-20(13-24(23)35-2)36(33,34)15-17-6-7-19-14-29-11-10-18(19)12-17/h3-9,12-13,16,29H,10-11,14-15H2,1-2H3,(H2,30,31,32)/t16-/m0/s1. The Labute approximate surface area is 221 Å². The van der Waals surface area contributed by atoms with Gasteiger partial charge in [0.2, 0.25) is 0 Å². The molecule has 0 aliphatic carbocycles. The molecular weight excluding hydrogens is 521 g/mol. The van der Waals surface area contributed by atoms with Crippen molar-refractivity contribution in [2.24, 2.45) is 0 Å².